The molecular formula is C9H7FN2S. The average molecular weight is 194 g/mol. The van der Waals surface area contributed by atoms with Crippen molar-refractivity contribution >= 4 is 27.6 Å². The number of rotatable bonds is 1. The summed E-state index contributed by atoms with van der Waals surface area (Å²) in [5, 5.41) is 5.86. The highest BCUT2D eigenvalue weighted by atomic mass is 32.1. The molecule has 1 aromatic carbocycles. The summed E-state index contributed by atoms with van der Waals surface area (Å²) in [5.41, 5.74) is 0.690. The van der Waals surface area contributed by atoms with Gasteiger partial charge in [0.05, 0.1) is 6.21 Å². The van der Waals surface area contributed by atoms with Crippen LogP contribution in [0.2, 0.25) is 0 Å². The van der Waals surface area contributed by atoms with Crippen LogP contribution >= 0.6 is 11.3 Å². The van der Waals surface area contributed by atoms with E-state index in [0.29, 0.717) is 10.9 Å². The second kappa shape index (κ2) is 3.14. The van der Waals surface area contributed by atoms with Crippen molar-refractivity contribution in [1.29, 1.82) is 0 Å². The highest BCUT2D eigenvalue weighted by Gasteiger charge is 2.02. The van der Waals surface area contributed by atoms with E-state index in [1.54, 1.807) is 6.07 Å². The molecule has 2 aromatic rings. The summed E-state index contributed by atoms with van der Waals surface area (Å²) in [7, 11) is 0. The van der Waals surface area contributed by atoms with E-state index in [2.05, 4.69) is 5.10 Å². The third-order valence-corrected chi connectivity index (χ3v) is 2.63. The van der Waals surface area contributed by atoms with Crippen molar-refractivity contribution in [1.82, 2.24) is 0 Å². The van der Waals surface area contributed by atoms with Gasteiger partial charge in [-0.1, -0.05) is 0 Å². The maximum Gasteiger partial charge on any atom is 0.132 e. The fourth-order valence-corrected chi connectivity index (χ4v) is 2.06. The van der Waals surface area contributed by atoms with E-state index >= 15 is 0 Å². The minimum Gasteiger partial charge on any atom is -0.323 e. The Labute approximate surface area is 78.5 Å². The summed E-state index contributed by atoms with van der Waals surface area (Å²) in [5.74, 6) is 4.75. The molecule has 4 heteroatoms. The van der Waals surface area contributed by atoms with Crippen molar-refractivity contribution in [3.05, 3.63) is 35.0 Å². The molecule has 0 aliphatic heterocycles. The van der Waals surface area contributed by atoms with E-state index in [0.717, 1.165) is 4.70 Å². The molecule has 0 saturated heterocycles. The zero-order valence-electron chi connectivity index (χ0n) is 6.70. The minimum absolute atomic E-state index is 0.228. The number of nitrogens with zero attached hydrogens (tertiary/aromatic N) is 1. The van der Waals surface area contributed by atoms with Crippen LogP contribution in [0.1, 0.15) is 5.56 Å². The van der Waals surface area contributed by atoms with Crippen LogP contribution in [0.4, 0.5) is 4.39 Å². The maximum absolute atomic E-state index is 13.3. The monoisotopic (exact) mass is 194 g/mol. The molecule has 13 heavy (non-hydrogen) atoms. The third kappa shape index (κ3) is 1.40. The normalized spacial score (nSPS) is 11.5. The van der Waals surface area contributed by atoms with Gasteiger partial charge in [-0.3, -0.25) is 0 Å². The molecular weight excluding hydrogens is 187 g/mol. The molecule has 0 saturated carbocycles. The molecule has 0 bridgehead atoms. The molecule has 66 valence electrons. The molecule has 0 radical (unpaired) electrons. The Morgan fingerprint density at radius 2 is 2.31 bits per heavy atom. The van der Waals surface area contributed by atoms with Gasteiger partial charge in [0.15, 0.2) is 0 Å². The Balaban J connectivity index is 2.69. The fraction of sp³-hybridized carbons (Fsp3) is 0. The van der Waals surface area contributed by atoms with Crippen molar-refractivity contribution in [2.75, 3.05) is 0 Å². The van der Waals surface area contributed by atoms with Crippen LogP contribution in [0.15, 0.2) is 28.7 Å². The van der Waals surface area contributed by atoms with Crippen molar-refractivity contribution in [2.24, 2.45) is 10.9 Å². The number of halogens is 1. The number of hydrogen-bond acceptors (Lipinski definition) is 3. The highest BCUT2D eigenvalue weighted by Crippen LogP contribution is 2.24. The minimum atomic E-state index is -0.228. The summed E-state index contributed by atoms with van der Waals surface area (Å²) in [4.78, 5) is 0. The molecule has 2 nitrogen and oxygen atoms in total. The Bertz CT molecular complexity index is 462. The zero-order valence-corrected chi connectivity index (χ0v) is 7.51. The van der Waals surface area contributed by atoms with E-state index in [1.165, 1.54) is 23.6 Å². The van der Waals surface area contributed by atoms with E-state index in [4.69, 9.17) is 5.84 Å². The van der Waals surface area contributed by atoms with Crippen LogP contribution < -0.4 is 5.84 Å². The van der Waals surface area contributed by atoms with E-state index in [9.17, 15) is 4.39 Å². The predicted octanol–water partition coefficient (Wildman–Crippen LogP) is 2.33. The number of thiophene rings is 1. The highest BCUT2D eigenvalue weighted by molar-refractivity contribution is 7.17. The number of hydrogen-bond donors (Lipinski definition) is 1. The van der Waals surface area contributed by atoms with Gasteiger partial charge in [-0.2, -0.15) is 5.10 Å². The van der Waals surface area contributed by atoms with Crippen molar-refractivity contribution in [3.8, 4) is 0 Å². The van der Waals surface area contributed by atoms with Gasteiger partial charge in [-0.05, 0) is 29.1 Å². The van der Waals surface area contributed by atoms with Gasteiger partial charge < -0.3 is 5.84 Å². The molecule has 0 unspecified atom stereocenters. The second-order valence-corrected chi connectivity index (χ2v) is 3.56. The van der Waals surface area contributed by atoms with E-state index in [-0.39, 0.29) is 5.82 Å². The molecule has 2 N–H and O–H groups in total. The largest absolute Gasteiger partial charge is 0.323 e. The van der Waals surface area contributed by atoms with Crippen LogP contribution in [-0.4, -0.2) is 6.21 Å². The summed E-state index contributed by atoms with van der Waals surface area (Å²) in [6.07, 6.45) is 1.43. The van der Waals surface area contributed by atoms with Crippen LogP contribution in [0, 0.1) is 5.82 Å². The third-order valence-electron chi connectivity index (χ3n) is 1.77. The number of nitrogens with two attached hydrogens (primary N) is 1. The first-order chi connectivity index (χ1) is 6.31. The lowest BCUT2D eigenvalue weighted by Crippen LogP contribution is -1.87. The van der Waals surface area contributed by atoms with Crippen LogP contribution in [-0.2, 0) is 0 Å². The lowest BCUT2D eigenvalue weighted by molar-refractivity contribution is 0.640. The molecule has 0 amide bonds. The van der Waals surface area contributed by atoms with Crippen molar-refractivity contribution in [3.63, 3.8) is 0 Å². The zero-order chi connectivity index (χ0) is 9.26. The summed E-state index contributed by atoms with van der Waals surface area (Å²) in [6.45, 7) is 0. The van der Waals surface area contributed by atoms with Crippen LogP contribution in [0.5, 0.6) is 0 Å². The van der Waals surface area contributed by atoms with Gasteiger partial charge in [-0.25, -0.2) is 4.39 Å². The summed E-state index contributed by atoms with van der Waals surface area (Å²) in [6, 6.07) is 5.05. The summed E-state index contributed by atoms with van der Waals surface area (Å²) >= 11 is 1.50. The molecule has 0 aliphatic carbocycles. The lowest BCUT2D eigenvalue weighted by atomic mass is 10.2. The molecule has 1 heterocycles. The van der Waals surface area contributed by atoms with Crippen LogP contribution in [0.3, 0.4) is 0 Å². The molecule has 0 atom stereocenters. The predicted molar refractivity (Wildman–Crippen MR) is 53.6 cm³/mol. The van der Waals surface area contributed by atoms with Gasteiger partial charge >= 0.3 is 0 Å². The van der Waals surface area contributed by atoms with Gasteiger partial charge in [0, 0.05) is 10.1 Å². The van der Waals surface area contributed by atoms with Crippen LogP contribution in [0.25, 0.3) is 10.1 Å². The van der Waals surface area contributed by atoms with E-state index in [1.807, 2.05) is 11.4 Å². The summed E-state index contributed by atoms with van der Waals surface area (Å²) < 4.78 is 14.2. The average Bonchev–Trinajstić information content (AvgIpc) is 2.53. The number of fused-ring (bicyclic) bond motifs is 1. The second-order valence-electron chi connectivity index (χ2n) is 2.61. The van der Waals surface area contributed by atoms with Gasteiger partial charge in [0.2, 0.25) is 0 Å². The first kappa shape index (κ1) is 8.19. The van der Waals surface area contributed by atoms with Crippen molar-refractivity contribution < 1.29 is 4.39 Å². The number of hydrazone groups is 1. The Kier molecular flexibility index (Phi) is 1.98. The Hall–Kier alpha value is -1.42. The molecule has 1 aromatic heterocycles. The van der Waals surface area contributed by atoms with E-state index < -0.39 is 0 Å². The molecule has 2 rings (SSSR count). The Morgan fingerprint density at radius 3 is 3.08 bits per heavy atom. The number of benzene rings is 1. The maximum atomic E-state index is 13.3. The quantitative estimate of drug-likeness (QED) is 0.422. The first-order valence-electron chi connectivity index (χ1n) is 3.71. The molecule has 0 spiro atoms. The van der Waals surface area contributed by atoms with Crippen molar-refractivity contribution in [2.45, 2.75) is 0 Å². The molecule has 0 fully saturated rings. The SMILES string of the molecule is NN=Cc1cc(F)c2ccsc2c1. The lowest BCUT2D eigenvalue weighted by Gasteiger charge is -1.95. The van der Waals surface area contributed by atoms with Gasteiger partial charge in [0.25, 0.3) is 0 Å². The Morgan fingerprint density at radius 1 is 1.46 bits per heavy atom. The first-order valence-corrected chi connectivity index (χ1v) is 4.59. The molecule has 0 aliphatic rings. The van der Waals surface area contributed by atoms with Gasteiger partial charge in [-0.15, -0.1) is 11.3 Å². The smallest absolute Gasteiger partial charge is 0.132 e. The fourth-order valence-electron chi connectivity index (χ4n) is 1.21. The van der Waals surface area contributed by atoms with Gasteiger partial charge in [0.1, 0.15) is 5.82 Å². The topological polar surface area (TPSA) is 38.4 Å². The standard InChI is InChI=1S/C9H7FN2S/c10-8-3-6(5-12-11)4-9-7(8)1-2-13-9/h1-5H,11H2.